The van der Waals surface area contributed by atoms with Crippen LogP contribution in [0.4, 0.5) is 0 Å². The fraction of sp³-hybridized carbons (Fsp3) is 0.0769. The van der Waals surface area contributed by atoms with Gasteiger partial charge in [0.05, 0.1) is 25.1 Å². The van der Waals surface area contributed by atoms with E-state index in [1.807, 2.05) is 12.1 Å². The lowest BCUT2D eigenvalue weighted by Crippen LogP contribution is -1.89. The predicted octanol–water partition coefficient (Wildman–Crippen LogP) is 8.17. The van der Waals surface area contributed by atoms with Crippen molar-refractivity contribution in [3.05, 3.63) is 53.9 Å². The minimum atomic E-state index is 0.134. The standard InChI is InChI=1S/C13H5BrCl6/c14-4-5-1-6(3-7(15)2-5)8-9(16)11(18)13(20)12(19)10(8)17/h1-3H,4H2. The van der Waals surface area contributed by atoms with Crippen LogP contribution in [0.25, 0.3) is 11.1 Å². The minimum absolute atomic E-state index is 0.134. The van der Waals surface area contributed by atoms with Crippen molar-refractivity contribution in [3.63, 3.8) is 0 Å². The summed E-state index contributed by atoms with van der Waals surface area (Å²) in [6.07, 6.45) is 0. The Kier molecular flexibility index (Phi) is 5.81. The van der Waals surface area contributed by atoms with Crippen LogP contribution < -0.4 is 0 Å². The first-order valence-electron chi connectivity index (χ1n) is 5.24. The molecule has 0 aliphatic rings. The molecule has 0 amide bonds. The molecule has 0 fully saturated rings. The van der Waals surface area contributed by atoms with Crippen molar-refractivity contribution >= 4 is 85.5 Å². The molecule has 7 heteroatoms. The van der Waals surface area contributed by atoms with Crippen LogP contribution >= 0.6 is 85.5 Å². The van der Waals surface area contributed by atoms with E-state index in [-0.39, 0.29) is 25.1 Å². The van der Waals surface area contributed by atoms with Crippen LogP contribution in [0, 0.1) is 0 Å². The normalized spacial score (nSPS) is 10.9. The van der Waals surface area contributed by atoms with Gasteiger partial charge >= 0.3 is 0 Å². The molecule has 0 unspecified atom stereocenters. The molecule has 2 aromatic carbocycles. The van der Waals surface area contributed by atoms with Gasteiger partial charge in [0, 0.05) is 15.9 Å². The fourth-order valence-corrected chi connectivity index (χ4v) is 3.67. The molecule has 0 N–H and O–H groups in total. The average molecular weight is 454 g/mol. The summed E-state index contributed by atoms with van der Waals surface area (Å²) >= 11 is 40.1. The molecule has 2 aromatic rings. The molecule has 0 aliphatic carbocycles. The Morgan fingerprint density at radius 1 is 0.700 bits per heavy atom. The van der Waals surface area contributed by atoms with Gasteiger partial charge in [-0.2, -0.15) is 0 Å². The molecule has 0 spiro atoms. The van der Waals surface area contributed by atoms with Crippen LogP contribution in [0.3, 0.4) is 0 Å². The van der Waals surface area contributed by atoms with Crippen LogP contribution in [0.15, 0.2) is 18.2 Å². The quantitative estimate of drug-likeness (QED) is 0.244. The molecular weight excluding hydrogens is 449 g/mol. The molecule has 106 valence electrons. The van der Waals surface area contributed by atoms with E-state index in [2.05, 4.69) is 15.9 Å². The molecule has 0 saturated carbocycles. The van der Waals surface area contributed by atoms with Crippen LogP contribution in [0.5, 0.6) is 0 Å². The van der Waals surface area contributed by atoms with E-state index >= 15 is 0 Å². The van der Waals surface area contributed by atoms with Crippen LogP contribution in [-0.4, -0.2) is 0 Å². The Morgan fingerprint density at radius 2 is 1.20 bits per heavy atom. The summed E-state index contributed by atoms with van der Waals surface area (Å²) in [5.74, 6) is 0. The van der Waals surface area contributed by atoms with Crippen molar-refractivity contribution in [3.8, 4) is 11.1 Å². The molecule has 0 heterocycles. The highest BCUT2D eigenvalue weighted by Gasteiger charge is 2.20. The monoisotopic (exact) mass is 450 g/mol. The van der Waals surface area contributed by atoms with Crippen molar-refractivity contribution in [2.24, 2.45) is 0 Å². The predicted molar refractivity (Wildman–Crippen MR) is 94.6 cm³/mol. The largest absolute Gasteiger partial charge is 0.0876 e. The maximum Gasteiger partial charge on any atom is 0.0809 e. The number of halogens is 7. The highest BCUT2D eigenvalue weighted by atomic mass is 79.9. The second kappa shape index (κ2) is 6.83. The van der Waals surface area contributed by atoms with E-state index < -0.39 is 0 Å². The average Bonchev–Trinajstić information content (AvgIpc) is 2.42. The van der Waals surface area contributed by atoms with Gasteiger partial charge in [-0.15, -0.1) is 0 Å². The van der Waals surface area contributed by atoms with Gasteiger partial charge in [-0.05, 0) is 23.3 Å². The molecule has 0 saturated heterocycles. The number of hydrogen-bond acceptors (Lipinski definition) is 0. The lowest BCUT2D eigenvalue weighted by atomic mass is 10.0. The summed E-state index contributed by atoms with van der Waals surface area (Å²) in [6, 6.07) is 5.47. The van der Waals surface area contributed by atoms with Crippen molar-refractivity contribution in [2.75, 3.05) is 0 Å². The van der Waals surface area contributed by atoms with Crippen molar-refractivity contribution in [1.82, 2.24) is 0 Å². The maximum absolute atomic E-state index is 6.24. The topological polar surface area (TPSA) is 0 Å². The zero-order valence-electron chi connectivity index (χ0n) is 9.58. The molecule has 0 nitrogen and oxygen atoms in total. The number of alkyl halides is 1. The second-order valence-corrected chi connectivity index (χ2v) is 6.81. The Labute approximate surface area is 155 Å². The van der Waals surface area contributed by atoms with Gasteiger partial charge in [-0.1, -0.05) is 91.6 Å². The summed E-state index contributed by atoms with van der Waals surface area (Å²) in [6.45, 7) is 0. The lowest BCUT2D eigenvalue weighted by molar-refractivity contribution is 1.43. The first-order valence-corrected chi connectivity index (χ1v) is 8.63. The molecule has 0 atom stereocenters. The zero-order chi connectivity index (χ0) is 15.0. The van der Waals surface area contributed by atoms with Gasteiger partial charge in [0.25, 0.3) is 0 Å². The number of rotatable bonds is 2. The summed E-state index contributed by atoms with van der Waals surface area (Å²) in [5, 5.41) is 2.16. The van der Waals surface area contributed by atoms with Gasteiger partial charge in [-0.3, -0.25) is 0 Å². The summed E-state index contributed by atoms with van der Waals surface area (Å²) < 4.78 is 0. The SMILES string of the molecule is Clc1cc(CBr)cc(-c2c(Cl)c(Cl)c(Cl)c(Cl)c2Cl)c1. The third-order valence-electron chi connectivity index (χ3n) is 2.61. The van der Waals surface area contributed by atoms with Crippen molar-refractivity contribution in [1.29, 1.82) is 0 Å². The van der Waals surface area contributed by atoms with Crippen molar-refractivity contribution < 1.29 is 0 Å². The Balaban J connectivity index is 2.79. The molecular formula is C13H5BrCl6. The van der Waals surface area contributed by atoms with Crippen LogP contribution in [-0.2, 0) is 5.33 Å². The van der Waals surface area contributed by atoms with Gasteiger partial charge in [0.15, 0.2) is 0 Å². The molecule has 0 aromatic heterocycles. The second-order valence-electron chi connectivity index (χ2n) is 3.93. The third-order valence-corrected chi connectivity index (χ3v) is 5.75. The molecule has 2 rings (SSSR count). The Hall–Kier alpha value is 0.660. The Bertz CT molecular complexity index is 654. The van der Waals surface area contributed by atoms with E-state index in [0.29, 0.717) is 15.9 Å². The van der Waals surface area contributed by atoms with E-state index in [9.17, 15) is 0 Å². The van der Waals surface area contributed by atoms with Gasteiger partial charge in [0.2, 0.25) is 0 Å². The zero-order valence-corrected chi connectivity index (χ0v) is 15.7. The van der Waals surface area contributed by atoms with E-state index in [1.165, 1.54) is 0 Å². The number of hydrogen-bond donors (Lipinski definition) is 0. The number of benzene rings is 2. The highest BCUT2D eigenvalue weighted by Crippen LogP contribution is 2.48. The maximum atomic E-state index is 6.24. The summed E-state index contributed by atoms with van der Waals surface area (Å²) in [5.41, 5.74) is 2.21. The third kappa shape index (κ3) is 3.20. The first kappa shape index (κ1) is 17.0. The van der Waals surface area contributed by atoms with Gasteiger partial charge < -0.3 is 0 Å². The summed E-state index contributed by atoms with van der Waals surface area (Å²) in [7, 11) is 0. The molecule has 20 heavy (non-hydrogen) atoms. The van der Waals surface area contributed by atoms with Gasteiger partial charge in [-0.25, -0.2) is 0 Å². The van der Waals surface area contributed by atoms with Crippen LogP contribution in [0.2, 0.25) is 30.1 Å². The van der Waals surface area contributed by atoms with Crippen molar-refractivity contribution in [2.45, 2.75) is 5.33 Å². The lowest BCUT2D eigenvalue weighted by Gasteiger charge is -2.13. The minimum Gasteiger partial charge on any atom is -0.0876 e. The van der Waals surface area contributed by atoms with Crippen LogP contribution in [0.1, 0.15) is 5.56 Å². The Morgan fingerprint density at radius 3 is 1.70 bits per heavy atom. The molecule has 0 bridgehead atoms. The van der Waals surface area contributed by atoms with E-state index in [0.717, 1.165) is 11.1 Å². The smallest absolute Gasteiger partial charge is 0.0809 e. The molecule has 0 aliphatic heterocycles. The fourth-order valence-electron chi connectivity index (χ4n) is 1.73. The highest BCUT2D eigenvalue weighted by molar-refractivity contribution is 9.08. The van der Waals surface area contributed by atoms with E-state index in [4.69, 9.17) is 69.6 Å². The summed E-state index contributed by atoms with van der Waals surface area (Å²) in [4.78, 5) is 0. The molecule has 0 radical (unpaired) electrons. The van der Waals surface area contributed by atoms with Gasteiger partial charge in [0.1, 0.15) is 0 Å². The first-order chi connectivity index (χ1) is 9.36. The van der Waals surface area contributed by atoms with E-state index in [1.54, 1.807) is 6.07 Å².